The van der Waals surface area contributed by atoms with Crippen molar-refractivity contribution in [2.75, 3.05) is 4.90 Å². The summed E-state index contributed by atoms with van der Waals surface area (Å²) < 4.78 is 14.9. The molecule has 0 unspecified atom stereocenters. The van der Waals surface area contributed by atoms with Crippen LogP contribution in [0.4, 0.5) is 17.1 Å². The molecule has 0 spiro atoms. The summed E-state index contributed by atoms with van der Waals surface area (Å²) in [5.41, 5.74) is 9.35. The van der Waals surface area contributed by atoms with Gasteiger partial charge in [0.1, 0.15) is 22.3 Å². The van der Waals surface area contributed by atoms with Crippen molar-refractivity contribution in [2.24, 2.45) is 0 Å². The van der Waals surface area contributed by atoms with Gasteiger partial charge in [-0.15, -0.1) is 11.3 Å². The van der Waals surface area contributed by atoms with Crippen molar-refractivity contribution in [3.05, 3.63) is 152 Å². The SMILES string of the molecule is c1ccc(N(c2ccc(-c3ccc4c(c3)sc3ccc5oc6ccccc6c5c34)cc2)c2ccc3oc4ccccc4c3c2)cc1. The lowest BCUT2D eigenvalue weighted by atomic mass is 10.0. The summed E-state index contributed by atoms with van der Waals surface area (Å²) in [6.07, 6.45) is 0. The van der Waals surface area contributed by atoms with Gasteiger partial charge < -0.3 is 13.7 Å². The van der Waals surface area contributed by atoms with Crippen molar-refractivity contribution < 1.29 is 8.83 Å². The maximum Gasteiger partial charge on any atom is 0.136 e. The summed E-state index contributed by atoms with van der Waals surface area (Å²) in [4.78, 5) is 2.31. The number of thiophene rings is 1. The number of nitrogens with zero attached hydrogens (tertiary/aromatic N) is 1. The van der Waals surface area contributed by atoms with Gasteiger partial charge in [-0.3, -0.25) is 0 Å². The maximum absolute atomic E-state index is 6.20. The van der Waals surface area contributed by atoms with Gasteiger partial charge in [-0.25, -0.2) is 0 Å². The van der Waals surface area contributed by atoms with Crippen LogP contribution in [-0.4, -0.2) is 0 Å². The van der Waals surface area contributed by atoms with E-state index >= 15 is 0 Å². The largest absolute Gasteiger partial charge is 0.456 e. The van der Waals surface area contributed by atoms with E-state index in [9.17, 15) is 0 Å². The molecular weight excluding hydrogens is 583 g/mol. The van der Waals surface area contributed by atoms with E-state index in [-0.39, 0.29) is 0 Å². The molecule has 3 heterocycles. The van der Waals surface area contributed by atoms with Crippen molar-refractivity contribution in [3.8, 4) is 11.1 Å². The molecule has 10 rings (SSSR count). The molecule has 216 valence electrons. The molecule has 0 radical (unpaired) electrons. The Morgan fingerprint density at radius 1 is 0.370 bits per heavy atom. The topological polar surface area (TPSA) is 29.5 Å². The summed E-state index contributed by atoms with van der Waals surface area (Å²) in [6.45, 7) is 0. The zero-order valence-electron chi connectivity index (χ0n) is 24.6. The van der Waals surface area contributed by atoms with Gasteiger partial charge in [0.2, 0.25) is 0 Å². The monoisotopic (exact) mass is 607 g/mol. The van der Waals surface area contributed by atoms with Gasteiger partial charge in [-0.2, -0.15) is 0 Å². The van der Waals surface area contributed by atoms with Crippen LogP contribution in [0, 0.1) is 0 Å². The maximum atomic E-state index is 6.20. The number of benzene rings is 7. The molecule has 0 aliphatic carbocycles. The van der Waals surface area contributed by atoms with Crippen LogP contribution in [0.3, 0.4) is 0 Å². The number of fused-ring (bicyclic) bond motifs is 10. The molecule has 0 amide bonds. The number of rotatable bonds is 4. The second-order valence-electron chi connectivity index (χ2n) is 11.7. The van der Waals surface area contributed by atoms with Gasteiger partial charge in [0.05, 0.1) is 0 Å². The minimum Gasteiger partial charge on any atom is -0.456 e. The lowest BCUT2D eigenvalue weighted by Crippen LogP contribution is -2.09. The Bertz CT molecular complexity index is 2750. The highest BCUT2D eigenvalue weighted by Gasteiger charge is 2.17. The molecule has 3 aromatic heterocycles. The second-order valence-corrected chi connectivity index (χ2v) is 12.8. The zero-order valence-corrected chi connectivity index (χ0v) is 25.4. The minimum atomic E-state index is 0.895. The Morgan fingerprint density at radius 3 is 1.85 bits per heavy atom. The Hall–Kier alpha value is -5.84. The fourth-order valence-corrected chi connectivity index (χ4v) is 8.09. The van der Waals surface area contributed by atoms with Gasteiger partial charge in [-0.1, -0.05) is 78.9 Å². The first-order chi connectivity index (χ1) is 22.8. The predicted octanol–water partition coefficient (Wildman–Crippen LogP) is 13.0. The number of furan rings is 2. The molecule has 0 saturated heterocycles. The Labute approximate surface area is 268 Å². The second kappa shape index (κ2) is 9.83. The van der Waals surface area contributed by atoms with Gasteiger partial charge >= 0.3 is 0 Å². The van der Waals surface area contributed by atoms with E-state index in [1.165, 1.54) is 42.1 Å². The molecular formula is C42H25NO2S. The third kappa shape index (κ3) is 3.84. The highest BCUT2D eigenvalue weighted by molar-refractivity contribution is 7.26. The third-order valence-electron chi connectivity index (χ3n) is 9.07. The van der Waals surface area contributed by atoms with Crippen LogP contribution in [0.15, 0.2) is 160 Å². The fourth-order valence-electron chi connectivity index (χ4n) is 6.94. The molecule has 3 nitrogen and oxygen atoms in total. The lowest BCUT2D eigenvalue weighted by molar-refractivity contribution is 0.668. The van der Waals surface area contributed by atoms with Crippen LogP contribution < -0.4 is 4.90 Å². The molecule has 0 bridgehead atoms. The molecule has 0 atom stereocenters. The van der Waals surface area contributed by atoms with Crippen LogP contribution in [0.25, 0.3) is 75.2 Å². The molecule has 10 aromatic rings. The highest BCUT2D eigenvalue weighted by atomic mass is 32.1. The first-order valence-corrected chi connectivity index (χ1v) is 16.2. The Morgan fingerprint density at radius 2 is 1.00 bits per heavy atom. The van der Waals surface area contributed by atoms with Crippen molar-refractivity contribution >= 4 is 92.4 Å². The Kier molecular flexibility index (Phi) is 5.45. The molecule has 0 saturated carbocycles. The molecule has 0 aliphatic rings. The lowest BCUT2D eigenvalue weighted by Gasteiger charge is -2.25. The van der Waals surface area contributed by atoms with Crippen molar-refractivity contribution in [1.29, 1.82) is 0 Å². The standard InChI is InChI=1S/C42H25NO2S/c1-2-8-28(9-3-1)43(30-19-21-37-34(25-30)31-10-4-6-12-35(31)44-37)29-17-14-26(15-18-29)27-16-20-33-40(24-27)46-39-23-22-38-41(42(33)39)32-11-5-7-13-36(32)45-38/h1-25H. The molecule has 0 N–H and O–H groups in total. The van der Waals surface area contributed by atoms with Gasteiger partial charge in [0.15, 0.2) is 0 Å². The van der Waals surface area contributed by atoms with E-state index in [1.807, 2.05) is 35.6 Å². The quantitative estimate of drug-likeness (QED) is 0.199. The number of para-hydroxylation sites is 3. The molecule has 46 heavy (non-hydrogen) atoms. The van der Waals surface area contributed by atoms with E-state index in [1.54, 1.807) is 0 Å². The predicted molar refractivity (Wildman–Crippen MR) is 194 cm³/mol. The summed E-state index contributed by atoms with van der Waals surface area (Å²) in [5.74, 6) is 0. The molecule has 0 fully saturated rings. The number of hydrogen-bond acceptors (Lipinski definition) is 4. The average Bonchev–Trinajstić information content (AvgIpc) is 3.79. The van der Waals surface area contributed by atoms with Gasteiger partial charge in [-0.05, 0) is 83.9 Å². The summed E-state index contributed by atoms with van der Waals surface area (Å²) >= 11 is 1.84. The van der Waals surface area contributed by atoms with Crippen molar-refractivity contribution in [2.45, 2.75) is 0 Å². The van der Waals surface area contributed by atoms with E-state index in [2.05, 4.69) is 132 Å². The smallest absolute Gasteiger partial charge is 0.136 e. The van der Waals surface area contributed by atoms with Gasteiger partial charge in [0.25, 0.3) is 0 Å². The molecule has 4 heteroatoms. The van der Waals surface area contributed by atoms with E-state index < -0.39 is 0 Å². The molecule has 0 aliphatic heterocycles. The fraction of sp³-hybridized carbons (Fsp3) is 0. The number of hydrogen-bond donors (Lipinski definition) is 0. The van der Waals surface area contributed by atoms with Crippen molar-refractivity contribution in [1.82, 2.24) is 0 Å². The molecule has 7 aromatic carbocycles. The highest BCUT2D eigenvalue weighted by Crippen LogP contribution is 2.44. The van der Waals surface area contributed by atoms with Crippen LogP contribution >= 0.6 is 11.3 Å². The normalized spacial score (nSPS) is 11.9. The first kappa shape index (κ1) is 25.5. The summed E-state index contributed by atoms with van der Waals surface area (Å²) in [5, 5.41) is 7.17. The zero-order chi connectivity index (χ0) is 30.2. The van der Waals surface area contributed by atoms with E-state index in [0.717, 1.165) is 50.2 Å². The number of anilines is 3. The van der Waals surface area contributed by atoms with Crippen molar-refractivity contribution in [3.63, 3.8) is 0 Å². The van der Waals surface area contributed by atoms with Crippen LogP contribution in [0.1, 0.15) is 0 Å². The van der Waals surface area contributed by atoms with E-state index in [0.29, 0.717) is 0 Å². The van der Waals surface area contributed by atoms with E-state index in [4.69, 9.17) is 8.83 Å². The third-order valence-corrected chi connectivity index (χ3v) is 10.2. The summed E-state index contributed by atoms with van der Waals surface area (Å²) in [6, 6.07) is 53.6. The minimum absolute atomic E-state index is 0.895. The first-order valence-electron chi connectivity index (χ1n) is 15.4. The average molecular weight is 608 g/mol. The van der Waals surface area contributed by atoms with Gasteiger partial charge in [0, 0.05) is 58.8 Å². The Balaban J connectivity index is 1.07. The van der Waals surface area contributed by atoms with Crippen LogP contribution in [0.2, 0.25) is 0 Å². The van der Waals surface area contributed by atoms with Crippen LogP contribution in [-0.2, 0) is 0 Å². The van der Waals surface area contributed by atoms with Crippen LogP contribution in [0.5, 0.6) is 0 Å². The summed E-state index contributed by atoms with van der Waals surface area (Å²) in [7, 11) is 0.